The van der Waals surface area contributed by atoms with Crippen molar-refractivity contribution >= 4 is 134 Å². The predicted molar refractivity (Wildman–Crippen MR) is 63.2 cm³/mol. The van der Waals surface area contributed by atoms with Gasteiger partial charge in [-0.15, -0.1) is 0 Å². The second kappa shape index (κ2) is 14.7. The van der Waals surface area contributed by atoms with Crippen LogP contribution in [0.25, 0.3) is 0 Å². The summed E-state index contributed by atoms with van der Waals surface area (Å²) in [6, 6.07) is 0. The summed E-state index contributed by atoms with van der Waals surface area (Å²) >= 11 is 0. The average molecular weight is 302 g/mol. The zero-order valence-electron chi connectivity index (χ0n) is 5.58. The van der Waals surface area contributed by atoms with Crippen molar-refractivity contribution in [3.8, 4) is 0 Å². The van der Waals surface area contributed by atoms with Crippen LogP contribution < -0.4 is 0 Å². The van der Waals surface area contributed by atoms with E-state index in [1.54, 1.807) is 0 Å². The van der Waals surface area contributed by atoms with Crippen LogP contribution in [-0.4, -0.2) is 140 Å². The second-order valence-electron chi connectivity index (χ2n) is 1.46. The van der Waals surface area contributed by atoms with Crippen molar-refractivity contribution in [1.82, 2.24) is 0 Å². The van der Waals surface area contributed by atoms with Gasteiger partial charge in [0, 0.05) is 0 Å². The molecule has 7 nitrogen and oxygen atoms in total. The molecular formula is C2H12Na4O7P2. The molecule has 3 N–H and O–H groups in total. The fraction of sp³-hybridized carbons (Fsp3) is 1.00. The number of hydrogen-bond acceptors (Lipinski definition) is 4. The van der Waals surface area contributed by atoms with Gasteiger partial charge in [-0.2, -0.15) is 4.31 Å². The fourth-order valence-electron chi connectivity index (χ4n) is 0.321. The van der Waals surface area contributed by atoms with Gasteiger partial charge in [0.2, 0.25) is 0 Å². The molecule has 0 aromatic carbocycles. The second-order valence-corrected chi connectivity index (χ2v) is 4.29. The van der Waals surface area contributed by atoms with Crippen LogP contribution in [0.2, 0.25) is 0 Å². The number of phosphoric acid groups is 2. The van der Waals surface area contributed by atoms with E-state index in [1.807, 2.05) is 0 Å². The van der Waals surface area contributed by atoms with Gasteiger partial charge in [0.25, 0.3) is 0 Å². The SMILES string of the molecule is CCOP(=O)(O)OP(=O)(O)O.[NaH].[NaH].[NaH].[NaH]. The Labute approximate surface area is 176 Å². The van der Waals surface area contributed by atoms with Crippen molar-refractivity contribution in [2.45, 2.75) is 6.92 Å². The van der Waals surface area contributed by atoms with Crippen molar-refractivity contribution in [3.05, 3.63) is 0 Å². The Hall–Kier alpha value is 4.26. The summed E-state index contributed by atoms with van der Waals surface area (Å²) in [5, 5.41) is 0. The van der Waals surface area contributed by atoms with Gasteiger partial charge in [-0.1, -0.05) is 0 Å². The molecule has 0 aliphatic carbocycles. The Balaban J connectivity index is -0.0000000833. The Kier molecular flexibility index (Phi) is 30.9. The van der Waals surface area contributed by atoms with Crippen molar-refractivity contribution in [1.29, 1.82) is 0 Å². The molecule has 15 heavy (non-hydrogen) atoms. The zero-order valence-corrected chi connectivity index (χ0v) is 7.37. The first-order chi connectivity index (χ1) is 4.77. The number of phosphoric ester groups is 1. The Bertz CT molecular complexity index is 217. The molecule has 0 aliphatic rings. The van der Waals surface area contributed by atoms with Gasteiger partial charge >= 0.3 is 134 Å². The Morgan fingerprint density at radius 3 is 1.53 bits per heavy atom. The van der Waals surface area contributed by atoms with Gasteiger partial charge < -0.3 is 14.7 Å². The van der Waals surface area contributed by atoms with Crippen LogP contribution >= 0.6 is 15.6 Å². The molecular weight excluding hydrogens is 290 g/mol. The van der Waals surface area contributed by atoms with Crippen molar-refractivity contribution < 1.29 is 32.6 Å². The van der Waals surface area contributed by atoms with Crippen LogP contribution in [0.5, 0.6) is 0 Å². The maximum absolute atomic E-state index is 10.4. The summed E-state index contributed by atoms with van der Waals surface area (Å²) in [6.07, 6.45) is 0. The minimum absolute atomic E-state index is 0. The number of rotatable bonds is 4. The molecule has 0 rings (SSSR count). The van der Waals surface area contributed by atoms with Crippen molar-refractivity contribution in [2.24, 2.45) is 0 Å². The quantitative estimate of drug-likeness (QED) is 0.393. The molecule has 76 valence electrons. The van der Waals surface area contributed by atoms with E-state index >= 15 is 0 Å². The van der Waals surface area contributed by atoms with Gasteiger partial charge in [-0.3, -0.25) is 4.52 Å². The summed E-state index contributed by atoms with van der Waals surface area (Å²) < 4.78 is 27.9. The summed E-state index contributed by atoms with van der Waals surface area (Å²) in [7, 11) is -9.53. The summed E-state index contributed by atoms with van der Waals surface area (Å²) in [5.41, 5.74) is 0. The molecule has 0 aromatic rings. The first-order valence-corrected chi connectivity index (χ1v) is 5.53. The van der Waals surface area contributed by atoms with Gasteiger partial charge in [0.1, 0.15) is 0 Å². The first kappa shape index (κ1) is 31.6. The van der Waals surface area contributed by atoms with Crippen LogP contribution in [-0.2, 0) is 18.0 Å². The van der Waals surface area contributed by atoms with Crippen LogP contribution in [0.3, 0.4) is 0 Å². The summed E-state index contributed by atoms with van der Waals surface area (Å²) in [4.78, 5) is 24.6. The zero-order chi connectivity index (χ0) is 9.12. The first-order valence-electron chi connectivity index (χ1n) is 2.51. The molecule has 0 heterocycles. The van der Waals surface area contributed by atoms with Gasteiger partial charge in [-0.05, 0) is 6.92 Å². The van der Waals surface area contributed by atoms with Gasteiger partial charge in [-0.25, -0.2) is 9.13 Å². The molecule has 0 spiro atoms. The third kappa shape index (κ3) is 23.7. The van der Waals surface area contributed by atoms with E-state index in [9.17, 15) is 9.13 Å². The molecule has 1 unspecified atom stereocenters. The molecule has 0 aromatic heterocycles. The molecule has 0 aliphatic heterocycles. The normalized spacial score (nSPS) is 13.1. The molecule has 0 saturated heterocycles. The van der Waals surface area contributed by atoms with E-state index in [-0.39, 0.29) is 125 Å². The van der Waals surface area contributed by atoms with Gasteiger partial charge in [0.15, 0.2) is 0 Å². The van der Waals surface area contributed by atoms with Gasteiger partial charge in [0.05, 0.1) is 6.61 Å². The van der Waals surface area contributed by atoms with Crippen molar-refractivity contribution in [2.75, 3.05) is 6.61 Å². The molecule has 0 saturated carbocycles. The number of hydrogen-bond donors (Lipinski definition) is 3. The van der Waals surface area contributed by atoms with E-state index in [1.165, 1.54) is 6.92 Å². The predicted octanol–water partition coefficient (Wildman–Crippen LogP) is -2.36. The van der Waals surface area contributed by atoms with E-state index < -0.39 is 15.6 Å². The maximum atomic E-state index is 10.4. The Morgan fingerprint density at radius 2 is 1.33 bits per heavy atom. The summed E-state index contributed by atoms with van der Waals surface area (Å²) in [6.45, 7) is 1.21. The molecule has 0 amide bonds. The third-order valence-corrected chi connectivity index (χ3v) is 2.76. The topological polar surface area (TPSA) is 113 Å². The standard InChI is InChI=1S/C2H8O7P2.4Na.4H/c1-2-8-11(6,7)9-10(3,4)5;;;;;;;;/h2H2,1H3,(H,6,7)(H2,3,4,5);;;;;;;;. The molecule has 0 bridgehead atoms. The monoisotopic (exact) mass is 302 g/mol. The Morgan fingerprint density at radius 1 is 1.00 bits per heavy atom. The van der Waals surface area contributed by atoms with Crippen LogP contribution in [0.15, 0.2) is 0 Å². The molecule has 0 fully saturated rings. The molecule has 1 atom stereocenters. The third-order valence-electron chi connectivity index (χ3n) is 0.502. The van der Waals surface area contributed by atoms with E-state index in [0.717, 1.165) is 0 Å². The summed E-state index contributed by atoms with van der Waals surface area (Å²) in [5.74, 6) is 0. The van der Waals surface area contributed by atoms with Crippen LogP contribution in [0.4, 0.5) is 0 Å². The molecule has 0 radical (unpaired) electrons. The fourth-order valence-corrected chi connectivity index (χ4v) is 1.91. The van der Waals surface area contributed by atoms with E-state index in [4.69, 9.17) is 14.7 Å². The van der Waals surface area contributed by atoms with E-state index in [0.29, 0.717) is 0 Å². The van der Waals surface area contributed by atoms with E-state index in [2.05, 4.69) is 8.83 Å². The average Bonchev–Trinajstić information content (AvgIpc) is 1.55. The molecule has 13 heteroatoms. The van der Waals surface area contributed by atoms with Crippen LogP contribution in [0.1, 0.15) is 6.92 Å². The van der Waals surface area contributed by atoms with Crippen molar-refractivity contribution in [3.63, 3.8) is 0 Å². The van der Waals surface area contributed by atoms with Crippen LogP contribution in [0, 0.1) is 0 Å². The minimum atomic E-state index is -4.96.